The van der Waals surface area contributed by atoms with E-state index < -0.39 is 0 Å². The molecule has 0 spiro atoms. The van der Waals surface area contributed by atoms with Gasteiger partial charge in [0, 0.05) is 91.6 Å². The van der Waals surface area contributed by atoms with E-state index in [0.717, 1.165) is 44.8 Å². The first-order valence-corrected chi connectivity index (χ1v) is 15.6. The summed E-state index contributed by atoms with van der Waals surface area (Å²) in [6.07, 6.45) is 5.34. The van der Waals surface area contributed by atoms with Crippen molar-refractivity contribution in [2.45, 2.75) is 33.7 Å². The van der Waals surface area contributed by atoms with E-state index in [1.54, 1.807) is 18.5 Å². The minimum atomic E-state index is -0.323. The zero-order valence-corrected chi connectivity index (χ0v) is 26.5. The van der Waals surface area contributed by atoms with Crippen LogP contribution in [-0.2, 0) is 13.0 Å². The van der Waals surface area contributed by atoms with E-state index in [1.807, 2.05) is 18.2 Å². The highest BCUT2D eigenvalue weighted by atomic mass is 16.3. The number of rotatable bonds is 9. The van der Waals surface area contributed by atoms with E-state index in [9.17, 15) is 15.0 Å². The van der Waals surface area contributed by atoms with Crippen molar-refractivity contribution in [3.63, 3.8) is 0 Å². The van der Waals surface area contributed by atoms with Crippen LogP contribution >= 0.6 is 0 Å². The molecule has 0 bridgehead atoms. The van der Waals surface area contributed by atoms with Crippen molar-refractivity contribution < 1.29 is 15.0 Å². The van der Waals surface area contributed by atoms with Crippen LogP contribution in [0.15, 0.2) is 73.3 Å². The Morgan fingerprint density at radius 1 is 0.956 bits per heavy atom. The highest BCUT2D eigenvalue weighted by Crippen LogP contribution is 2.35. The van der Waals surface area contributed by atoms with Gasteiger partial charge in [-0.15, -0.1) is 0 Å². The minimum Gasteiger partial charge on any atom is -0.506 e. The zero-order chi connectivity index (χ0) is 31.7. The SMILES string of the molecule is Cc1c(C)n(CC(C)CN2CCN(C)CC2)c2ccc(Cc3cccc(C(=O)Nc4cc(O)c(-n5ccnc5)c(O)c4)c3)cc12. The van der Waals surface area contributed by atoms with E-state index in [2.05, 4.69) is 70.7 Å². The number of phenols is 2. The number of benzene rings is 3. The van der Waals surface area contributed by atoms with Gasteiger partial charge in [-0.1, -0.05) is 25.1 Å². The Morgan fingerprint density at radius 2 is 1.69 bits per heavy atom. The predicted molar refractivity (Wildman–Crippen MR) is 179 cm³/mol. The van der Waals surface area contributed by atoms with Gasteiger partial charge in [-0.2, -0.15) is 0 Å². The number of piperazine rings is 1. The molecule has 45 heavy (non-hydrogen) atoms. The van der Waals surface area contributed by atoms with Crippen LogP contribution in [0.1, 0.15) is 39.7 Å². The summed E-state index contributed by atoms with van der Waals surface area (Å²) in [6.45, 7) is 13.5. The summed E-state index contributed by atoms with van der Waals surface area (Å²) in [5, 5.41) is 25.1. The number of phenolic OH excluding ortho intramolecular Hbond substituents is 2. The van der Waals surface area contributed by atoms with E-state index in [1.165, 1.54) is 50.8 Å². The summed E-state index contributed by atoms with van der Waals surface area (Å²) in [5.41, 5.74) is 7.12. The third-order valence-corrected chi connectivity index (χ3v) is 9.05. The monoisotopic (exact) mass is 606 g/mol. The van der Waals surface area contributed by atoms with Crippen molar-refractivity contribution in [1.82, 2.24) is 23.9 Å². The molecule has 1 atom stereocenters. The van der Waals surface area contributed by atoms with Crippen LogP contribution < -0.4 is 5.32 Å². The number of aromatic hydroxyl groups is 2. The van der Waals surface area contributed by atoms with Gasteiger partial charge < -0.3 is 29.9 Å². The Kier molecular flexibility index (Phi) is 8.65. The highest BCUT2D eigenvalue weighted by Gasteiger charge is 2.19. The Bertz CT molecular complexity index is 1800. The largest absolute Gasteiger partial charge is 0.506 e. The maximum absolute atomic E-state index is 13.1. The third-order valence-electron chi connectivity index (χ3n) is 9.05. The average molecular weight is 607 g/mol. The number of carbonyl (C=O) groups excluding carboxylic acids is 1. The van der Waals surface area contributed by atoms with Gasteiger partial charge in [0.2, 0.25) is 0 Å². The maximum atomic E-state index is 13.1. The Balaban J connectivity index is 1.15. The van der Waals surface area contributed by atoms with E-state index >= 15 is 0 Å². The first-order chi connectivity index (χ1) is 21.7. The lowest BCUT2D eigenvalue weighted by Gasteiger charge is -2.34. The lowest BCUT2D eigenvalue weighted by Crippen LogP contribution is -2.46. The highest BCUT2D eigenvalue weighted by molar-refractivity contribution is 6.04. The van der Waals surface area contributed by atoms with Gasteiger partial charge in [-0.05, 0) is 74.2 Å². The zero-order valence-electron chi connectivity index (χ0n) is 26.5. The smallest absolute Gasteiger partial charge is 0.255 e. The molecule has 5 aromatic rings. The number of hydrogen-bond donors (Lipinski definition) is 3. The lowest BCUT2D eigenvalue weighted by atomic mass is 10.0. The van der Waals surface area contributed by atoms with E-state index in [4.69, 9.17) is 0 Å². The number of likely N-dealkylation sites (N-methyl/N-ethyl adjacent to an activating group) is 1. The fourth-order valence-corrected chi connectivity index (χ4v) is 6.48. The van der Waals surface area contributed by atoms with Crippen molar-refractivity contribution in [3.8, 4) is 17.2 Å². The summed E-state index contributed by atoms with van der Waals surface area (Å²) in [7, 11) is 2.20. The molecule has 9 heteroatoms. The molecule has 0 radical (unpaired) electrons. The minimum absolute atomic E-state index is 0.170. The van der Waals surface area contributed by atoms with Crippen LogP contribution in [-0.4, -0.2) is 79.8 Å². The van der Waals surface area contributed by atoms with Gasteiger partial charge in [-0.3, -0.25) is 9.36 Å². The first-order valence-electron chi connectivity index (χ1n) is 15.6. The number of aryl methyl sites for hydroxylation is 1. The van der Waals surface area contributed by atoms with Crippen LogP contribution in [0.3, 0.4) is 0 Å². The molecule has 1 amide bonds. The molecule has 1 aliphatic heterocycles. The van der Waals surface area contributed by atoms with Crippen molar-refractivity contribution >= 4 is 22.5 Å². The summed E-state index contributed by atoms with van der Waals surface area (Å²) in [4.78, 5) is 22.1. The summed E-state index contributed by atoms with van der Waals surface area (Å²) in [5.74, 6) is -0.110. The number of amides is 1. The summed E-state index contributed by atoms with van der Waals surface area (Å²) < 4.78 is 3.99. The average Bonchev–Trinajstić information content (AvgIpc) is 3.61. The Hall–Kier alpha value is -4.60. The number of anilines is 1. The number of nitrogens with zero attached hydrogens (tertiary/aromatic N) is 5. The number of carbonyl (C=O) groups is 1. The molecule has 3 aromatic carbocycles. The number of fused-ring (bicyclic) bond motifs is 1. The molecule has 1 aliphatic rings. The van der Waals surface area contributed by atoms with Gasteiger partial charge in [-0.25, -0.2) is 4.98 Å². The third kappa shape index (κ3) is 6.60. The van der Waals surface area contributed by atoms with E-state index in [-0.39, 0.29) is 23.1 Å². The number of nitrogens with one attached hydrogen (secondary N) is 1. The Labute approximate surface area is 264 Å². The fourth-order valence-electron chi connectivity index (χ4n) is 6.48. The van der Waals surface area contributed by atoms with Gasteiger partial charge in [0.15, 0.2) is 0 Å². The molecule has 0 aliphatic carbocycles. The van der Waals surface area contributed by atoms with Crippen molar-refractivity contribution in [2.24, 2.45) is 5.92 Å². The van der Waals surface area contributed by atoms with Crippen molar-refractivity contribution in [1.29, 1.82) is 0 Å². The molecule has 2 aromatic heterocycles. The van der Waals surface area contributed by atoms with Crippen LogP contribution in [0, 0.1) is 19.8 Å². The normalized spacial score (nSPS) is 15.0. The molecule has 234 valence electrons. The van der Waals surface area contributed by atoms with Crippen LogP contribution in [0.2, 0.25) is 0 Å². The van der Waals surface area contributed by atoms with Gasteiger partial charge in [0.25, 0.3) is 5.91 Å². The lowest BCUT2D eigenvalue weighted by molar-refractivity contribution is 0.102. The second-order valence-corrected chi connectivity index (χ2v) is 12.5. The standard InChI is InChI=1S/C36H42N6O3/c1-24(21-40-14-12-39(4)13-15-40)22-42-26(3)25(2)31-18-28(8-9-32(31)42)16-27-6-5-7-29(17-27)36(45)38-30-19-33(43)35(34(44)20-30)41-11-10-37-23-41/h5-11,17-20,23-24,43-44H,12-16,21-22H2,1-4H3,(H,38,45). The molecule has 6 rings (SSSR count). The number of imidazole rings is 1. The topological polar surface area (TPSA) is 98.8 Å². The molecule has 1 saturated heterocycles. The molecule has 0 saturated carbocycles. The van der Waals surface area contributed by atoms with Crippen molar-refractivity contribution in [2.75, 3.05) is 45.1 Å². The molecule has 1 fully saturated rings. The van der Waals surface area contributed by atoms with Crippen LogP contribution in [0.4, 0.5) is 5.69 Å². The second kappa shape index (κ2) is 12.8. The molecule has 3 N–H and O–H groups in total. The summed E-state index contributed by atoms with van der Waals surface area (Å²) in [6, 6.07) is 17.1. The summed E-state index contributed by atoms with van der Waals surface area (Å²) >= 11 is 0. The van der Waals surface area contributed by atoms with E-state index in [0.29, 0.717) is 23.6 Å². The predicted octanol–water partition coefficient (Wildman–Crippen LogP) is 5.58. The van der Waals surface area contributed by atoms with Crippen LogP contribution in [0.25, 0.3) is 16.6 Å². The molecule has 1 unspecified atom stereocenters. The second-order valence-electron chi connectivity index (χ2n) is 12.5. The molecule has 3 heterocycles. The number of aromatic nitrogens is 3. The molecule has 9 nitrogen and oxygen atoms in total. The molecular formula is C36H42N6O3. The first kappa shape index (κ1) is 30.4. The molecular weight excluding hydrogens is 564 g/mol. The maximum Gasteiger partial charge on any atom is 0.255 e. The number of hydrogen-bond acceptors (Lipinski definition) is 6. The van der Waals surface area contributed by atoms with Gasteiger partial charge in [0.05, 0.1) is 6.33 Å². The van der Waals surface area contributed by atoms with Gasteiger partial charge in [0.1, 0.15) is 17.2 Å². The van der Waals surface area contributed by atoms with Crippen molar-refractivity contribution in [3.05, 3.63) is 101 Å². The Morgan fingerprint density at radius 3 is 2.40 bits per heavy atom. The quantitative estimate of drug-likeness (QED) is 0.203. The fraction of sp³-hybridized carbons (Fsp3) is 0.333. The van der Waals surface area contributed by atoms with Crippen LogP contribution in [0.5, 0.6) is 11.5 Å². The van der Waals surface area contributed by atoms with Gasteiger partial charge >= 0.3 is 0 Å².